The van der Waals surface area contributed by atoms with Gasteiger partial charge in [0, 0.05) is 26.1 Å². The van der Waals surface area contributed by atoms with Crippen molar-refractivity contribution in [1.29, 1.82) is 5.26 Å². The van der Waals surface area contributed by atoms with Gasteiger partial charge < -0.3 is 4.90 Å². The number of hydrogen-bond acceptors (Lipinski definition) is 3. The molecule has 2 aromatic carbocycles. The topological polar surface area (TPSA) is 47.3 Å². The smallest absolute Gasteiger partial charge is 0.222 e. The van der Waals surface area contributed by atoms with Gasteiger partial charge in [-0.15, -0.1) is 0 Å². The van der Waals surface area contributed by atoms with Crippen molar-refractivity contribution in [2.45, 2.75) is 51.5 Å². The van der Waals surface area contributed by atoms with Crippen molar-refractivity contribution in [3.05, 3.63) is 70.8 Å². The molecule has 0 unspecified atom stereocenters. The van der Waals surface area contributed by atoms with E-state index in [1.807, 2.05) is 17.0 Å². The van der Waals surface area contributed by atoms with Crippen molar-refractivity contribution in [2.24, 2.45) is 5.92 Å². The number of benzene rings is 2. The molecule has 0 aromatic heterocycles. The fraction of sp³-hybridized carbons (Fsp3) is 0.481. The van der Waals surface area contributed by atoms with Crippen molar-refractivity contribution in [3.8, 4) is 6.07 Å². The predicted molar refractivity (Wildman–Crippen MR) is 123 cm³/mol. The van der Waals surface area contributed by atoms with E-state index in [2.05, 4.69) is 47.4 Å². The lowest BCUT2D eigenvalue weighted by Crippen LogP contribution is -2.33. The molecule has 1 amide bonds. The minimum Gasteiger partial charge on any atom is -0.343 e. The van der Waals surface area contributed by atoms with Crippen LogP contribution in [0, 0.1) is 17.2 Å². The van der Waals surface area contributed by atoms with Crippen LogP contribution in [0.3, 0.4) is 0 Å². The molecule has 2 aliphatic heterocycles. The summed E-state index contributed by atoms with van der Waals surface area (Å²) in [4.78, 5) is 16.8. The van der Waals surface area contributed by atoms with Gasteiger partial charge in [0.25, 0.3) is 0 Å². The molecule has 0 bridgehead atoms. The number of nitrogens with zero attached hydrogens (tertiary/aromatic N) is 3. The average Bonchev–Trinajstić information content (AvgIpc) is 3.35. The molecule has 0 radical (unpaired) electrons. The second-order valence-corrected chi connectivity index (χ2v) is 9.14. The highest BCUT2D eigenvalue weighted by molar-refractivity contribution is 5.76. The number of rotatable bonds is 7. The third-order valence-electron chi connectivity index (χ3n) is 6.83. The molecule has 0 atom stereocenters. The number of hydrogen-bond donors (Lipinski definition) is 0. The van der Waals surface area contributed by atoms with Crippen molar-refractivity contribution >= 4 is 5.91 Å². The van der Waals surface area contributed by atoms with E-state index in [1.54, 1.807) is 0 Å². The average molecular weight is 416 g/mol. The van der Waals surface area contributed by atoms with Crippen molar-refractivity contribution in [3.63, 3.8) is 0 Å². The van der Waals surface area contributed by atoms with Gasteiger partial charge in [-0.2, -0.15) is 5.26 Å². The molecule has 4 rings (SSSR count). The molecule has 2 aromatic rings. The monoisotopic (exact) mass is 415 g/mol. The molecule has 31 heavy (non-hydrogen) atoms. The van der Waals surface area contributed by atoms with Crippen LogP contribution in [0.4, 0.5) is 0 Å². The van der Waals surface area contributed by atoms with Gasteiger partial charge in [0.15, 0.2) is 0 Å². The van der Waals surface area contributed by atoms with E-state index in [4.69, 9.17) is 5.26 Å². The van der Waals surface area contributed by atoms with E-state index >= 15 is 0 Å². The summed E-state index contributed by atoms with van der Waals surface area (Å²) in [5, 5.41) is 8.93. The molecule has 4 nitrogen and oxygen atoms in total. The summed E-state index contributed by atoms with van der Waals surface area (Å²) in [6, 6.07) is 19.1. The van der Waals surface area contributed by atoms with Gasteiger partial charge in [-0.05, 0) is 86.4 Å². The van der Waals surface area contributed by atoms with E-state index in [0.717, 1.165) is 69.9 Å². The first-order chi connectivity index (χ1) is 15.2. The Labute approximate surface area is 186 Å². The molecule has 2 heterocycles. The normalized spacial score (nSPS) is 17.6. The zero-order chi connectivity index (χ0) is 21.5. The molecular formula is C27H33N3O. The number of carbonyl (C=O) groups is 1. The summed E-state index contributed by atoms with van der Waals surface area (Å²) in [7, 11) is 0. The van der Waals surface area contributed by atoms with Crippen molar-refractivity contribution in [2.75, 3.05) is 26.2 Å². The van der Waals surface area contributed by atoms with Crippen LogP contribution in [0.15, 0.2) is 48.5 Å². The van der Waals surface area contributed by atoms with Crippen LogP contribution in [0.25, 0.3) is 0 Å². The van der Waals surface area contributed by atoms with E-state index in [0.29, 0.717) is 12.3 Å². The first-order valence-electron chi connectivity index (χ1n) is 11.8. The maximum absolute atomic E-state index is 12.2. The fourth-order valence-corrected chi connectivity index (χ4v) is 4.84. The lowest BCUT2D eigenvalue weighted by Gasteiger charge is -2.32. The first kappa shape index (κ1) is 21.6. The number of carbonyl (C=O) groups excluding carboxylic acids is 1. The van der Waals surface area contributed by atoms with E-state index in [-0.39, 0.29) is 0 Å². The summed E-state index contributed by atoms with van der Waals surface area (Å²) >= 11 is 0. The van der Waals surface area contributed by atoms with Crippen molar-refractivity contribution in [1.82, 2.24) is 9.80 Å². The van der Waals surface area contributed by atoms with E-state index in [1.165, 1.54) is 29.5 Å². The number of piperidine rings is 1. The van der Waals surface area contributed by atoms with Gasteiger partial charge in [0.05, 0.1) is 11.6 Å². The summed E-state index contributed by atoms with van der Waals surface area (Å²) in [6.07, 6.45) is 7.44. The molecule has 0 saturated carbocycles. The highest BCUT2D eigenvalue weighted by atomic mass is 16.2. The Morgan fingerprint density at radius 1 is 0.871 bits per heavy atom. The SMILES string of the molecule is N#Cc1ccc(CN2CCC(Cc3ccc(CCC(=O)N4CCCC4)cc3)CC2)cc1. The highest BCUT2D eigenvalue weighted by Gasteiger charge is 2.20. The molecule has 4 heteroatoms. The van der Waals surface area contributed by atoms with Gasteiger partial charge in [0.2, 0.25) is 5.91 Å². The predicted octanol–water partition coefficient (Wildman–Crippen LogP) is 4.57. The molecular weight excluding hydrogens is 382 g/mol. The van der Waals surface area contributed by atoms with Gasteiger partial charge in [0.1, 0.15) is 0 Å². The maximum Gasteiger partial charge on any atom is 0.222 e. The Morgan fingerprint density at radius 2 is 1.48 bits per heavy atom. The molecule has 0 aliphatic carbocycles. The molecule has 2 aliphatic rings. The van der Waals surface area contributed by atoms with Crippen LogP contribution in [-0.2, 0) is 24.2 Å². The Bertz CT molecular complexity index is 884. The summed E-state index contributed by atoms with van der Waals surface area (Å²) in [5.41, 5.74) is 4.71. The highest BCUT2D eigenvalue weighted by Crippen LogP contribution is 2.23. The van der Waals surface area contributed by atoms with E-state index in [9.17, 15) is 4.79 Å². The quantitative estimate of drug-likeness (QED) is 0.666. The van der Waals surface area contributed by atoms with Crippen LogP contribution >= 0.6 is 0 Å². The number of nitriles is 1. The molecule has 2 saturated heterocycles. The van der Waals surface area contributed by atoms with Crippen LogP contribution < -0.4 is 0 Å². The second kappa shape index (κ2) is 10.6. The molecule has 0 spiro atoms. The van der Waals surface area contributed by atoms with Crippen molar-refractivity contribution < 1.29 is 4.79 Å². The Kier molecular flexibility index (Phi) is 7.38. The molecule has 162 valence electrons. The van der Waals surface area contributed by atoms with E-state index < -0.39 is 0 Å². The number of likely N-dealkylation sites (tertiary alicyclic amines) is 2. The van der Waals surface area contributed by atoms with Gasteiger partial charge >= 0.3 is 0 Å². The van der Waals surface area contributed by atoms with Crippen LogP contribution in [0.5, 0.6) is 0 Å². The van der Waals surface area contributed by atoms with Crippen LogP contribution in [0.1, 0.15) is 54.4 Å². The molecule has 2 fully saturated rings. The Hall–Kier alpha value is -2.64. The zero-order valence-corrected chi connectivity index (χ0v) is 18.4. The summed E-state index contributed by atoms with van der Waals surface area (Å²) in [5.74, 6) is 1.06. The third kappa shape index (κ3) is 6.18. The minimum atomic E-state index is 0.314. The molecule has 0 N–H and O–H groups in total. The summed E-state index contributed by atoms with van der Waals surface area (Å²) in [6.45, 7) is 5.15. The summed E-state index contributed by atoms with van der Waals surface area (Å²) < 4.78 is 0. The standard InChI is InChI=1S/C27H33N3O/c28-20-25-7-9-26(10-8-25)21-29-17-13-24(14-18-29)19-23-5-3-22(4-6-23)11-12-27(31)30-15-1-2-16-30/h3-10,24H,1-2,11-19,21H2. The van der Waals surface area contributed by atoms with Gasteiger partial charge in [-0.3, -0.25) is 9.69 Å². The maximum atomic E-state index is 12.2. The van der Waals surface area contributed by atoms with Gasteiger partial charge in [-0.25, -0.2) is 0 Å². The third-order valence-corrected chi connectivity index (χ3v) is 6.83. The number of aryl methyl sites for hydroxylation is 1. The second-order valence-electron chi connectivity index (χ2n) is 9.14. The minimum absolute atomic E-state index is 0.314. The lowest BCUT2D eigenvalue weighted by atomic mass is 9.89. The zero-order valence-electron chi connectivity index (χ0n) is 18.4. The Balaban J connectivity index is 1.18. The number of amides is 1. The first-order valence-corrected chi connectivity index (χ1v) is 11.8. The van der Waals surface area contributed by atoms with Crippen LogP contribution in [0.2, 0.25) is 0 Å². The Morgan fingerprint density at radius 3 is 2.13 bits per heavy atom. The van der Waals surface area contributed by atoms with Crippen LogP contribution in [-0.4, -0.2) is 41.9 Å². The largest absolute Gasteiger partial charge is 0.343 e. The lowest BCUT2D eigenvalue weighted by molar-refractivity contribution is -0.130. The van der Waals surface area contributed by atoms with Gasteiger partial charge in [-0.1, -0.05) is 36.4 Å². The fourth-order valence-electron chi connectivity index (χ4n) is 4.84.